The first-order chi connectivity index (χ1) is 10.5. The summed E-state index contributed by atoms with van der Waals surface area (Å²) in [6.07, 6.45) is -0.176. The van der Waals surface area contributed by atoms with Gasteiger partial charge in [-0.1, -0.05) is 0 Å². The molecule has 0 aliphatic rings. The average molecular weight is 307 g/mol. The number of imidazole rings is 1. The quantitative estimate of drug-likeness (QED) is 0.449. The van der Waals surface area contributed by atoms with Crippen molar-refractivity contribution in [2.45, 2.75) is 13.0 Å². The SMILES string of the molecule is COCCn1c(CC(=O)OC)[n+]([O-])c2cc(C(N)=O)ccc21. The number of fused-ring (bicyclic) bond motifs is 1. The van der Waals surface area contributed by atoms with E-state index in [2.05, 4.69) is 4.74 Å². The van der Waals surface area contributed by atoms with E-state index in [9.17, 15) is 14.8 Å². The maximum Gasteiger partial charge on any atom is 0.317 e. The number of ether oxygens (including phenoxy) is 2. The number of hydrogen-bond acceptors (Lipinski definition) is 5. The van der Waals surface area contributed by atoms with E-state index in [0.29, 0.717) is 23.4 Å². The smallest absolute Gasteiger partial charge is 0.317 e. The Hall–Kier alpha value is -2.61. The number of esters is 1. The van der Waals surface area contributed by atoms with E-state index in [0.717, 1.165) is 0 Å². The molecule has 2 N–H and O–H groups in total. The van der Waals surface area contributed by atoms with Gasteiger partial charge in [0.2, 0.25) is 5.91 Å². The molecule has 1 aromatic carbocycles. The molecule has 0 aliphatic carbocycles. The number of hydrogen-bond donors (Lipinski definition) is 1. The fourth-order valence-corrected chi connectivity index (χ4v) is 2.26. The van der Waals surface area contributed by atoms with Crippen molar-refractivity contribution in [3.05, 3.63) is 34.8 Å². The average Bonchev–Trinajstić information content (AvgIpc) is 2.77. The fraction of sp³-hybridized carbons (Fsp3) is 0.357. The molecule has 22 heavy (non-hydrogen) atoms. The minimum atomic E-state index is -0.624. The summed E-state index contributed by atoms with van der Waals surface area (Å²) in [7, 11) is 2.80. The molecule has 8 heteroatoms. The highest BCUT2D eigenvalue weighted by Crippen LogP contribution is 2.17. The van der Waals surface area contributed by atoms with Crippen molar-refractivity contribution in [1.82, 2.24) is 4.57 Å². The van der Waals surface area contributed by atoms with Crippen LogP contribution in [0.15, 0.2) is 18.2 Å². The van der Waals surface area contributed by atoms with Crippen LogP contribution in [0.25, 0.3) is 11.0 Å². The number of benzene rings is 1. The molecule has 0 saturated carbocycles. The Kier molecular flexibility index (Phi) is 4.62. The Balaban J connectivity index is 2.61. The Labute approximate surface area is 126 Å². The van der Waals surface area contributed by atoms with Crippen LogP contribution in [0.3, 0.4) is 0 Å². The summed E-state index contributed by atoms with van der Waals surface area (Å²) < 4.78 is 11.9. The van der Waals surface area contributed by atoms with Crippen LogP contribution < -0.4 is 10.5 Å². The molecular formula is C14H17N3O5. The Morgan fingerprint density at radius 2 is 2.09 bits per heavy atom. The Bertz CT molecular complexity index is 723. The lowest BCUT2D eigenvalue weighted by atomic mass is 10.2. The molecule has 0 bridgehead atoms. The molecule has 0 saturated heterocycles. The van der Waals surface area contributed by atoms with Gasteiger partial charge in [0.25, 0.3) is 5.82 Å². The van der Waals surface area contributed by atoms with Crippen LogP contribution in [0, 0.1) is 5.21 Å². The number of amides is 1. The summed E-state index contributed by atoms with van der Waals surface area (Å²) in [4.78, 5) is 22.8. The second kappa shape index (κ2) is 6.44. The zero-order valence-electron chi connectivity index (χ0n) is 12.4. The van der Waals surface area contributed by atoms with Crippen LogP contribution in [0.4, 0.5) is 0 Å². The number of aromatic nitrogens is 2. The molecule has 8 nitrogen and oxygen atoms in total. The molecule has 0 aliphatic heterocycles. The zero-order valence-corrected chi connectivity index (χ0v) is 12.4. The van der Waals surface area contributed by atoms with Crippen LogP contribution in [0.1, 0.15) is 16.2 Å². The van der Waals surface area contributed by atoms with E-state index >= 15 is 0 Å². The summed E-state index contributed by atoms with van der Waals surface area (Å²) in [5, 5.41) is 12.4. The molecule has 0 spiro atoms. The second-order valence-electron chi connectivity index (χ2n) is 4.68. The van der Waals surface area contributed by atoms with Gasteiger partial charge in [0.1, 0.15) is 13.0 Å². The molecule has 0 fully saturated rings. The minimum Gasteiger partial charge on any atom is -0.710 e. The Morgan fingerprint density at radius 3 is 2.68 bits per heavy atom. The molecule has 0 radical (unpaired) electrons. The number of carbonyl (C=O) groups excluding carboxylic acids is 2. The second-order valence-corrected chi connectivity index (χ2v) is 4.68. The largest absolute Gasteiger partial charge is 0.710 e. The Morgan fingerprint density at radius 1 is 1.36 bits per heavy atom. The third kappa shape index (κ3) is 2.86. The van der Waals surface area contributed by atoms with Crippen LogP contribution in [-0.2, 0) is 27.2 Å². The third-order valence-corrected chi connectivity index (χ3v) is 3.36. The van der Waals surface area contributed by atoms with Crippen molar-refractivity contribution in [3.63, 3.8) is 0 Å². The maximum absolute atomic E-state index is 12.4. The first-order valence-corrected chi connectivity index (χ1v) is 6.59. The van der Waals surface area contributed by atoms with Gasteiger partial charge >= 0.3 is 5.97 Å². The predicted octanol–water partition coefficient (Wildman–Crippen LogP) is -0.264. The molecule has 1 heterocycles. The van der Waals surface area contributed by atoms with Gasteiger partial charge in [-0.3, -0.25) is 9.59 Å². The van der Waals surface area contributed by atoms with Gasteiger partial charge in [-0.05, 0) is 12.1 Å². The van der Waals surface area contributed by atoms with Crippen molar-refractivity contribution in [3.8, 4) is 0 Å². The lowest BCUT2D eigenvalue weighted by Crippen LogP contribution is -2.33. The topological polar surface area (TPSA) is 110 Å². The first kappa shape index (κ1) is 15.8. The van der Waals surface area contributed by atoms with E-state index in [1.54, 1.807) is 17.7 Å². The van der Waals surface area contributed by atoms with E-state index < -0.39 is 11.9 Å². The number of carbonyl (C=O) groups is 2. The summed E-state index contributed by atoms with van der Waals surface area (Å²) >= 11 is 0. The monoisotopic (exact) mass is 307 g/mol. The lowest BCUT2D eigenvalue weighted by Gasteiger charge is -2.05. The number of nitrogens with zero attached hydrogens (tertiary/aromatic N) is 2. The van der Waals surface area contributed by atoms with Gasteiger partial charge in [0.15, 0.2) is 11.0 Å². The molecule has 2 aromatic rings. The van der Waals surface area contributed by atoms with Gasteiger partial charge in [-0.25, -0.2) is 9.30 Å². The minimum absolute atomic E-state index is 0.176. The zero-order chi connectivity index (χ0) is 16.3. The fourth-order valence-electron chi connectivity index (χ4n) is 2.26. The van der Waals surface area contributed by atoms with Crippen LogP contribution >= 0.6 is 0 Å². The summed E-state index contributed by atoms with van der Waals surface area (Å²) in [6.45, 7) is 0.764. The first-order valence-electron chi connectivity index (χ1n) is 6.59. The van der Waals surface area contributed by atoms with Gasteiger partial charge < -0.3 is 20.4 Å². The molecule has 0 atom stereocenters. The van der Waals surface area contributed by atoms with E-state index in [1.807, 2.05) is 0 Å². The highest BCUT2D eigenvalue weighted by molar-refractivity contribution is 5.95. The third-order valence-electron chi connectivity index (χ3n) is 3.36. The maximum atomic E-state index is 12.4. The van der Waals surface area contributed by atoms with Crippen molar-refractivity contribution < 1.29 is 23.8 Å². The standard InChI is InChI=1S/C14H17N3O5/c1-21-6-5-16-10-4-3-9(14(15)19)7-11(10)17(20)12(16)8-13(18)22-2/h3-4,7H,5-6,8H2,1-2H3,(H2,15,19). The van der Waals surface area contributed by atoms with Gasteiger partial charge in [0, 0.05) is 18.7 Å². The highest BCUT2D eigenvalue weighted by Gasteiger charge is 2.24. The molecule has 118 valence electrons. The summed E-state index contributed by atoms with van der Waals surface area (Å²) in [5.74, 6) is -0.928. The molecule has 1 amide bonds. The molecule has 2 rings (SSSR count). The van der Waals surface area contributed by atoms with E-state index in [1.165, 1.54) is 19.2 Å². The normalized spacial score (nSPS) is 10.8. The van der Waals surface area contributed by atoms with E-state index in [4.69, 9.17) is 10.5 Å². The van der Waals surface area contributed by atoms with Crippen molar-refractivity contribution in [1.29, 1.82) is 0 Å². The van der Waals surface area contributed by atoms with Crippen LogP contribution in [-0.4, -0.2) is 37.3 Å². The summed E-state index contributed by atoms with van der Waals surface area (Å²) in [5.41, 5.74) is 6.32. The lowest BCUT2D eigenvalue weighted by molar-refractivity contribution is -0.586. The highest BCUT2D eigenvalue weighted by atomic mass is 16.5. The molecule has 1 aromatic heterocycles. The molecular weight excluding hydrogens is 290 g/mol. The van der Waals surface area contributed by atoms with Crippen molar-refractivity contribution in [2.24, 2.45) is 5.73 Å². The van der Waals surface area contributed by atoms with Crippen LogP contribution in [0.5, 0.6) is 0 Å². The van der Waals surface area contributed by atoms with Gasteiger partial charge in [-0.15, -0.1) is 0 Å². The van der Waals surface area contributed by atoms with E-state index in [-0.39, 0.29) is 23.3 Å². The molecule has 0 unspecified atom stereocenters. The summed E-state index contributed by atoms with van der Waals surface area (Å²) in [6, 6.07) is 4.57. The predicted molar refractivity (Wildman–Crippen MR) is 77.0 cm³/mol. The number of nitrogens with two attached hydrogens (primary N) is 1. The van der Waals surface area contributed by atoms with Crippen LogP contribution in [0.2, 0.25) is 0 Å². The van der Waals surface area contributed by atoms with Crippen molar-refractivity contribution in [2.75, 3.05) is 20.8 Å². The van der Waals surface area contributed by atoms with Gasteiger partial charge in [-0.2, -0.15) is 0 Å². The number of methoxy groups -OCH3 is 2. The number of rotatable bonds is 6. The van der Waals surface area contributed by atoms with Gasteiger partial charge in [0.05, 0.1) is 13.7 Å². The number of primary amides is 1. The van der Waals surface area contributed by atoms with Crippen molar-refractivity contribution >= 4 is 22.9 Å².